The smallest absolute Gasteiger partial charge is 0.250 e. The van der Waals surface area contributed by atoms with E-state index < -0.39 is 0 Å². The van der Waals surface area contributed by atoms with Crippen LogP contribution in [0.3, 0.4) is 0 Å². The number of amides is 1. The molecule has 80 valence electrons. The molecule has 2 aromatic rings. The number of hydrogen-bond acceptors (Lipinski definition) is 3. The van der Waals surface area contributed by atoms with E-state index in [9.17, 15) is 4.79 Å². The summed E-state index contributed by atoms with van der Waals surface area (Å²) >= 11 is 0. The summed E-state index contributed by atoms with van der Waals surface area (Å²) in [5.74, 6) is 0.530. The molecule has 1 N–H and O–H groups in total. The van der Waals surface area contributed by atoms with Gasteiger partial charge in [0, 0.05) is 5.39 Å². The normalized spacial score (nSPS) is 19.9. The molecule has 4 nitrogen and oxygen atoms in total. The van der Waals surface area contributed by atoms with Crippen LogP contribution in [0.25, 0.3) is 11.0 Å². The Hall–Kier alpha value is -2.10. The summed E-state index contributed by atoms with van der Waals surface area (Å²) in [5, 5.41) is 3.72. The molecular formula is C12H10N2O2. The topological polar surface area (TPSA) is 54.6 Å². The molecule has 1 aliphatic rings. The monoisotopic (exact) mass is 214 g/mol. The first kappa shape index (κ1) is 9.15. The molecule has 1 aliphatic heterocycles. The third-order valence-corrected chi connectivity index (χ3v) is 2.68. The van der Waals surface area contributed by atoms with Gasteiger partial charge >= 0.3 is 0 Å². The Balaban J connectivity index is 2.14. The number of carbonyl (C=O) groups is 1. The summed E-state index contributed by atoms with van der Waals surface area (Å²) in [6.45, 7) is 1.77. The summed E-state index contributed by atoms with van der Waals surface area (Å²) in [4.78, 5) is 15.6. The Morgan fingerprint density at radius 1 is 1.38 bits per heavy atom. The molecule has 0 fully saturated rings. The number of amidine groups is 1. The van der Waals surface area contributed by atoms with E-state index in [0.717, 1.165) is 16.5 Å². The molecular weight excluding hydrogens is 204 g/mol. The first-order chi connectivity index (χ1) is 7.75. The maximum atomic E-state index is 11.4. The van der Waals surface area contributed by atoms with Gasteiger partial charge in [0.1, 0.15) is 23.7 Å². The lowest BCUT2D eigenvalue weighted by atomic mass is 10.1. The minimum Gasteiger partial charge on any atom is -0.464 e. The van der Waals surface area contributed by atoms with Crippen LogP contribution in [0.4, 0.5) is 0 Å². The number of rotatable bonds is 1. The second-order valence-corrected chi connectivity index (χ2v) is 3.79. The van der Waals surface area contributed by atoms with Crippen LogP contribution in [0.15, 0.2) is 39.9 Å². The average Bonchev–Trinajstić information content (AvgIpc) is 2.83. The molecule has 0 bridgehead atoms. The van der Waals surface area contributed by atoms with Gasteiger partial charge in [-0.1, -0.05) is 18.2 Å². The number of para-hydroxylation sites is 1. The van der Waals surface area contributed by atoms with Crippen molar-refractivity contribution >= 4 is 22.7 Å². The Bertz CT molecular complexity index is 598. The van der Waals surface area contributed by atoms with Gasteiger partial charge in [0.25, 0.3) is 0 Å². The summed E-state index contributed by atoms with van der Waals surface area (Å²) in [6.07, 6.45) is 1.63. The van der Waals surface area contributed by atoms with Crippen LogP contribution in [0.1, 0.15) is 12.5 Å². The van der Waals surface area contributed by atoms with Crippen LogP contribution in [-0.2, 0) is 4.79 Å². The van der Waals surface area contributed by atoms with Gasteiger partial charge in [-0.2, -0.15) is 0 Å². The Kier molecular flexibility index (Phi) is 1.83. The van der Waals surface area contributed by atoms with Crippen LogP contribution < -0.4 is 5.32 Å². The molecule has 0 aliphatic carbocycles. The lowest BCUT2D eigenvalue weighted by Gasteiger charge is -1.96. The number of hydrogen-bond donors (Lipinski definition) is 1. The van der Waals surface area contributed by atoms with Crippen molar-refractivity contribution in [1.82, 2.24) is 5.32 Å². The van der Waals surface area contributed by atoms with Gasteiger partial charge in [0.15, 0.2) is 0 Å². The molecule has 0 spiro atoms. The van der Waals surface area contributed by atoms with Crippen molar-refractivity contribution in [3.05, 3.63) is 36.1 Å². The number of nitrogens with one attached hydrogen (secondary N) is 1. The van der Waals surface area contributed by atoms with Crippen LogP contribution in [0.5, 0.6) is 0 Å². The minimum atomic E-state index is -0.316. The van der Waals surface area contributed by atoms with Gasteiger partial charge in [-0.25, -0.2) is 0 Å². The second-order valence-electron chi connectivity index (χ2n) is 3.79. The predicted octanol–water partition coefficient (Wildman–Crippen LogP) is 1.70. The van der Waals surface area contributed by atoms with Crippen LogP contribution in [0.2, 0.25) is 0 Å². The first-order valence-electron chi connectivity index (χ1n) is 5.11. The zero-order chi connectivity index (χ0) is 11.1. The molecule has 0 radical (unpaired) electrons. The van der Waals surface area contributed by atoms with Gasteiger partial charge in [0.2, 0.25) is 5.91 Å². The highest BCUT2D eigenvalue weighted by molar-refractivity contribution is 6.18. The summed E-state index contributed by atoms with van der Waals surface area (Å²) in [5.41, 5.74) is 1.64. The standard InChI is InChI=1S/C12H10N2O2/c1-7-12(15)14-11(13-7)9-6-16-10-5-3-2-4-8(9)10/h2-7H,1H3,(H,13,14,15). The number of benzene rings is 1. The number of nitrogens with zero attached hydrogens (tertiary/aromatic N) is 1. The summed E-state index contributed by atoms with van der Waals surface area (Å²) in [7, 11) is 0. The second kappa shape index (κ2) is 3.20. The summed E-state index contributed by atoms with van der Waals surface area (Å²) in [6, 6.07) is 7.37. The third-order valence-electron chi connectivity index (χ3n) is 2.68. The zero-order valence-electron chi connectivity index (χ0n) is 8.73. The van der Waals surface area contributed by atoms with E-state index in [1.54, 1.807) is 13.2 Å². The van der Waals surface area contributed by atoms with Crippen LogP contribution >= 0.6 is 0 Å². The van der Waals surface area contributed by atoms with Gasteiger partial charge in [-0.3, -0.25) is 9.79 Å². The Morgan fingerprint density at radius 2 is 2.19 bits per heavy atom. The quantitative estimate of drug-likeness (QED) is 0.785. The fraction of sp³-hybridized carbons (Fsp3) is 0.167. The maximum Gasteiger partial charge on any atom is 0.250 e. The van der Waals surface area contributed by atoms with E-state index in [1.165, 1.54) is 0 Å². The fourth-order valence-electron chi connectivity index (χ4n) is 1.80. The molecule has 3 rings (SSSR count). The summed E-state index contributed by atoms with van der Waals surface area (Å²) < 4.78 is 5.40. The third kappa shape index (κ3) is 1.23. The number of aliphatic imine (C=N–C) groups is 1. The van der Waals surface area contributed by atoms with E-state index in [-0.39, 0.29) is 11.9 Å². The molecule has 16 heavy (non-hydrogen) atoms. The van der Waals surface area contributed by atoms with E-state index in [4.69, 9.17) is 4.42 Å². The number of furan rings is 1. The van der Waals surface area contributed by atoms with Gasteiger partial charge in [-0.05, 0) is 13.0 Å². The van der Waals surface area contributed by atoms with E-state index in [2.05, 4.69) is 10.3 Å². The maximum absolute atomic E-state index is 11.4. The molecule has 0 saturated carbocycles. The fourth-order valence-corrected chi connectivity index (χ4v) is 1.80. The first-order valence-corrected chi connectivity index (χ1v) is 5.11. The Labute approximate surface area is 92.0 Å². The number of carbonyl (C=O) groups excluding carboxylic acids is 1. The van der Waals surface area contributed by atoms with Crippen molar-refractivity contribution in [3.8, 4) is 0 Å². The van der Waals surface area contributed by atoms with Gasteiger partial charge < -0.3 is 9.73 Å². The van der Waals surface area contributed by atoms with Crippen molar-refractivity contribution < 1.29 is 9.21 Å². The highest BCUT2D eigenvalue weighted by atomic mass is 16.3. The molecule has 2 heterocycles. The molecule has 1 aromatic carbocycles. The van der Waals surface area contributed by atoms with E-state index >= 15 is 0 Å². The molecule has 1 aromatic heterocycles. The van der Waals surface area contributed by atoms with E-state index in [0.29, 0.717) is 5.84 Å². The minimum absolute atomic E-state index is 0.0692. The van der Waals surface area contributed by atoms with E-state index in [1.807, 2.05) is 24.3 Å². The Morgan fingerprint density at radius 3 is 2.94 bits per heavy atom. The number of fused-ring (bicyclic) bond motifs is 1. The molecule has 1 unspecified atom stereocenters. The molecule has 1 atom stereocenters. The molecule has 4 heteroatoms. The van der Waals surface area contributed by atoms with Crippen molar-refractivity contribution in [2.24, 2.45) is 4.99 Å². The average molecular weight is 214 g/mol. The van der Waals surface area contributed by atoms with Crippen molar-refractivity contribution in [1.29, 1.82) is 0 Å². The van der Waals surface area contributed by atoms with Crippen LogP contribution in [-0.4, -0.2) is 17.8 Å². The molecule has 1 amide bonds. The van der Waals surface area contributed by atoms with Crippen molar-refractivity contribution in [3.63, 3.8) is 0 Å². The highest BCUT2D eigenvalue weighted by Gasteiger charge is 2.24. The lowest BCUT2D eigenvalue weighted by molar-refractivity contribution is -0.119. The predicted molar refractivity (Wildman–Crippen MR) is 60.4 cm³/mol. The van der Waals surface area contributed by atoms with Crippen molar-refractivity contribution in [2.75, 3.05) is 0 Å². The van der Waals surface area contributed by atoms with Crippen LogP contribution in [0, 0.1) is 0 Å². The van der Waals surface area contributed by atoms with Gasteiger partial charge in [-0.15, -0.1) is 0 Å². The van der Waals surface area contributed by atoms with Crippen molar-refractivity contribution in [2.45, 2.75) is 13.0 Å². The largest absolute Gasteiger partial charge is 0.464 e. The lowest BCUT2D eigenvalue weighted by Crippen LogP contribution is -2.27. The molecule has 0 saturated heterocycles. The van der Waals surface area contributed by atoms with Gasteiger partial charge in [0.05, 0.1) is 5.56 Å². The zero-order valence-corrected chi connectivity index (χ0v) is 8.73. The highest BCUT2D eigenvalue weighted by Crippen LogP contribution is 2.22. The SMILES string of the molecule is CC1N=C(c2coc3ccccc23)NC1=O.